The molecule has 2 aliphatic rings. The molecule has 0 amide bonds. The number of hydrogen-bond acceptors (Lipinski definition) is 1. The Kier molecular flexibility index (Phi) is 1.34. The molecule has 0 bridgehead atoms. The van der Waals surface area contributed by atoms with Crippen molar-refractivity contribution in [3.63, 3.8) is 0 Å². The topological polar surface area (TPSA) is 20.2 Å². The predicted octanol–water partition coefficient (Wildman–Crippen LogP) is 1.54. The molecule has 0 aromatic heterocycles. The quantitative estimate of drug-likeness (QED) is 0.576. The molecule has 0 aromatic carbocycles. The average Bonchev–Trinajstić information content (AvgIpc) is 2.46. The Labute approximate surface area is 63.6 Å². The lowest BCUT2D eigenvalue weighted by Crippen LogP contribution is -2.25. The van der Waals surface area contributed by atoms with Gasteiger partial charge < -0.3 is 5.11 Å². The van der Waals surface area contributed by atoms with Crippen LogP contribution in [0.3, 0.4) is 0 Å². The minimum atomic E-state index is -0.0613. The van der Waals surface area contributed by atoms with Crippen LogP contribution in [0.2, 0.25) is 0 Å². The molecular weight excluding hydrogens is 180 g/mol. The van der Waals surface area contributed by atoms with Gasteiger partial charge >= 0.3 is 0 Å². The number of aliphatic hydroxyl groups excluding tert-OH is 1. The monoisotopic (exact) mass is 190 g/mol. The number of alkyl halides is 1. The van der Waals surface area contributed by atoms with Gasteiger partial charge in [0.1, 0.15) is 0 Å². The van der Waals surface area contributed by atoms with Gasteiger partial charge in [-0.25, -0.2) is 0 Å². The van der Waals surface area contributed by atoms with Crippen molar-refractivity contribution in [3.05, 3.63) is 0 Å². The van der Waals surface area contributed by atoms with Crippen molar-refractivity contribution in [2.75, 3.05) is 0 Å². The van der Waals surface area contributed by atoms with Gasteiger partial charge in [0.05, 0.1) is 6.10 Å². The van der Waals surface area contributed by atoms with E-state index in [0.29, 0.717) is 4.83 Å². The van der Waals surface area contributed by atoms with Gasteiger partial charge in [0.25, 0.3) is 0 Å². The van der Waals surface area contributed by atoms with Crippen molar-refractivity contribution in [1.29, 1.82) is 0 Å². The molecule has 0 saturated heterocycles. The molecule has 9 heavy (non-hydrogen) atoms. The van der Waals surface area contributed by atoms with Crippen LogP contribution >= 0.6 is 15.9 Å². The molecule has 0 unspecified atom stereocenters. The maximum absolute atomic E-state index is 9.33. The smallest absolute Gasteiger partial charge is 0.0668 e. The summed E-state index contributed by atoms with van der Waals surface area (Å²) >= 11 is 3.47. The van der Waals surface area contributed by atoms with Crippen LogP contribution in [-0.2, 0) is 0 Å². The lowest BCUT2D eigenvalue weighted by atomic mass is 9.98. The summed E-state index contributed by atoms with van der Waals surface area (Å²) in [6, 6.07) is 0. The molecule has 0 aliphatic heterocycles. The molecule has 2 aliphatic carbocycles. The number of aliphatic hydroxyl groups is 1. The fourth-order valence-electron chi connectivity index (χ4n) is 1.79. The second-order valence-corrected chi connectivity index (χ2v) is 4.49. The molecule has 2 rings (SSSR count). The molecule has 4 atom stereocenters. The molecule has 2 fully saturated rings. The van der Waals surface area contributed by atoms with Crippen LogP contribution in [0.15, 0.2) is 0 Å². The van der Waals surface area contributed by atoms with Gasteiger partial charge in [-0.3, -0.25) is 0 Å². The van der Waals surface area contributed by atoms with Crippen LogP contribution in [0.25, 0.3) is 0 Å². The van der Waals surface area contributed by atoms with Crippen LogP contribution < -0.4 is 0 Å². The fraction of sp³-hybridized carbons (Fsp3) is 1.00. The van der Waals surface area contributed by atoms with Crippen molar-refractivity contribution >= 4 is 15.9 Å². The zero-order valence-electron chi connectivity index (χ0n) is 5.26. The molecule has 2 heteroatoms. The van der Waals surface area contributed by atoms with Crippen LogP contribution in [0, 0.1) is 11.8 Å². The van der Waals surface area contributed by atoms with Gasteiger partial charge in [-0.05, 0) is 31.1 Å². The van der Waals surface area contributed by atoms with Gasteiger partial charge in [0, 0.05) is 4.83 Å². The Bertz CT molecular complexity index is 112. The van der Waals surface area contributed by atoms with Gasteiger partial charge in [-0.1, -0.05) is 15.9 Å². The Morgan fingerprint density at radius 2 is 1.78 bits per heavy atom. The summed E-state index contributed by atoms with van der Waals surface area (Å²) < 4.78 is 0. The molecule has 0 spiro atoms. The minimum Gasteiger partial charge on any atom is -0.392 e. The normalized spacial score (nSPS) is 56.7. The SMILES string of the molecule is O[C@@H]1C[C@H]2C[C@H]2C[C@H]1Br. The zero-order chi connectivity index (χ0) is 6.43. The van der Waals surface area contributed by atoms with Crippen molar-refractivity contribution < 1.29 is 5.11 Å². The van der Waals surface area contributed by atoms with Gasteiger partial charge in [-0.2, -0.15) is 0 Å². The number of rotatable bonds is 0. The van der Waals surface area contributed by atoms with Crippen molar-refractivity contribution in [1.82, 2.24) is 0 Å². The number of hydrogen-bond donors (Lipinski definition) is 1. The third-order valence-electron chi connectivity index (χ3n) is 2.56. The summed E-state index contributed by atoms with van der Waals surface area (Å²) in [4.78, 5) is 0.390. The highest BCUT2D eigenvalue weighted by Crippen LogP contribution is 2.50. The third-order valence-corrected chi connectivity index (χ3v) is 3.54. The van der Waals surface area contributed by atoms with E-state index in [4.69, 9.17) is 0 Å². The molecule has 0 heterocycles. The maximum Gasteiger partial charge on any atom is 0.0668 e. The Morgan fingerprint density at radius 3 is 2.44 bits per heavy atom. The summed E-state index contributed by atoms with van der Waals surface area (Å²) in [7, 11) is 0. The fourth-order valence-corrected chi connectivity index (χ4v) is 2.49. The van der Waals surface area contributed by atoms with Crippen molar-refractivity contribution in [3.8, 4) is 0 Å². The number of fused-ring (bicyclic) bond motifs is 1. The van der Waals surface area contributed by atoms with Crippen LogP contribution in [0.5, 0.6) is 0 Å². The third kappa shape index (κ3) is 1.03. The van der Waals surface area contributed by atoms with E-state index in [2.05, 4.69) is 15.9 Å². The van der Waals surface area contributed by atoms with E-state index in [-0.39, 0.29) is 6.10 Å². The van der Waals surface area contributed by atoms with Crippen LogP contribution in [0.4, 0.5) is 0 Å². The van der Waals surface area contributed by atoms with Gasteiger partial charge in [0.15, 0.2) is 0 Å². The predicted molar refractivity (Wildman–Crippen MR) is 39.6 cm³/mol. The highest BCUT2D eigenvalue weighted by Gasteiger charge is 2.45. The molecule has 0 aromatic rings. The van der Waals surface area contributed by atoms with E-state index >= 15 is 0 Å². The molecule has 2 saturated carbocycles. The Hall–Kier alpha value is 0.440. The van der Waals surface area contributed by atoms with Crippen LogP contribution in [0.1, 0.15) is 19.3 Å². The highest BCUT2D eigenvalue weighted by molar-refractivity contribution is 9.09. The van der Waals surface area contributed by atoms with E-state index in [9.17, 15) is 5.11 Å². The average molecular weight is 191 g/mol. The van der Waals surface area contributed by atoms with Gasteiger partial charge in [-0.15, -0.1) is 0 Å². The summed E-state index contributed by atoms with van der Waals surface area (Å²) in [6.07, 6.45) is 3.56. The lowest BCUT2D eigenvalue weighted by Gasteiger charge is -2.21. The van der Waals surface area contributed by atoms with Crippen molar-refractivity contribution in [2.45, 2.75) is 30.2 Å². The maximum atomic E-state index is 9.33. The second-order valence-electron chi connectivity index (χ2n) is 3.31. The highest BCUT2D eigenvalue weighted by atomic mass is 79.9. The van der Waals surface area contributed by atoms with E-state index < -0.39 is 0 Å². The molecule has 1 nitrogen and oxygen atoms in total. The van der Waals surface area contributed by atoms with Gasteiger partial charge in [0.2, 0.25) is 0 Å². The first-order chi connectivity index (χ1) is 4.27. The summed E-state index contributed by atoms with van der Waals surface area (Å²) in [5.74, 6) is 1.84. The van der Waals surface area contributed by atoms with E-state index in [0.717, 1.165) is 18.3 Å². The summed E-state index contributed by atoms with van der Waals surface area (Å²) in [5.41, 5.74) is 0. The molecule has 1 N–H and O–H groups in total. The zero-order valence-corrected chi connectivity index (χ0v) is 6.84. The standard InChI is InChI=1S/C7H11BrO/c8-6-2-4-1-5(4)3-7(6)9/h4-7,9H,1-3H2/t4-,5+,6+,7+/m0/s1. The second kappa shape index (κ2) is 1.96. The van der Waals surface area contributed by atoms with Crippen molar-refractivity contribution in [2.24, 2.45) is 11.8 Å². The first-order valence-electron chi connectivity index (χ1n) is 3.59. The molecule has 52 valence electrons. The first kappa shape index (κ1) is 6.17. The largest absolute Gasteiger partial charge is 0.392 e. The minimum absolute atomic E-state index is 0.0613. The first-order valence-corrected chi connectivity index (χ1v) is 4.51. The summed E-state index contributed by atoms with van der Waals surface area (Å²) in [5, 5.41) is 9.33. The lowest BCUT2D eigenvalue weighted by molar-refractivity contribution is 0.134. The molecular formula is C7H11BrO. The van der Waals surface area contributed by atoms with E-state index in [1.54, 1.807) is 0 Å². The molecule has 0 radical (unpaired) electrons. The number of halogens is 1. The summed E-state index contributed by atoms with van der Waals surface area (Å²) in [6.45, 7) is 0. The van der Waals surface area contributed by atoms with E-state index in [1.807, 2.05) is 0 Å². The van der Waals surface area contributed by atoms with E-state index in [1.165, 1.54) is 12.8 Å². The Balaban J connectivity index is 1.98. The van der Waals surface area contributed by atoms with Crippen LogP contribution in [-0.4, -0.2) is 16.0 Å². The Morgan fingerprint density at radius 1 is 1.11 bits per heavy atom.